The van der Waals surface area contributed by atoms with E-state index >= 15 is 0 Å². The summed E-state index contributed by atoms with van der Waals surface area (Å²) in [5.74, 6) is 0.647. The van der Waals surface area contributed by atoms with Crippen LogP contribution in [-0.4, -0.2) is 35.7 Å². The molecule has 0 bridgehead atoms. The predicted molar refractivity (Wildman–Crippen MR) is 122 cm³/mol. The number of carbonyl (C=O) groups excluding carboxylic acids is 1. The fourth-order valence-corrected chi connectivity index (χ4v) is 3.76. The Bertz CT molecular complexity index is 1140. The highest BCUT2D eigenvalue weighted by Crippen LogP contribution is 2.19. The first kappa shape index (κ1) is 23.1. The summed E-state index contributed by atoms with van der Waals surface area (Å²) in [4.78, 5) is 16.4. The standard InChI is InChI=1S/C22H26N4O5S/c1-16(2)31-20-10-6-18(7-11-20)25-32(28,29)15-22(27)24-17-4-8-19(9-5-17)30-14-21-23-12-13-26(21)3/h4-13,16,25H,14-15H2,1-3H3,(H,24,27). The van der Waals surface area contributed by atoms with Gasteiger partial charge in [0, 0.05) is 30.8 Å². The van der Waals surface area contributed by atoms with Crippen molar-refractivity contribution in [3.63, 3.8) is 0 Å². The van der Waals surface area contributed by atoms with Gasteiger partial charge in [0.25, 0.3) is 0 Å². The van der Waals surface area contributed by atoms with Gasteiger partial charge in [-0.1, -0.05) is 0 Å². The lowest BCUT2D eigenvalue weighted by Crippen LogP contribution is -2.27. The van der Waals surface area contributed by atoms with Gasteiger partial charge in [0.15, 0.2) is 0 Å². The number of aromatic nitrogens is 2. The van der Waals surface area contributed by atoms with Crippen LogP contribution in [0, 0.1) is 0 Å². The van der Waals surface area contributed by atoms with Crippen LogP contribution >= 0.6 is 0 Å². The molecule has 3 rings (SSSR count). The van der Waals surface area contributed by atoms with E-state index in [1.807, 2.05) is 31.7 Å². The van der Waals surface area contributed by atoms with Crippen LogP contribution in [-0.2, 0) is 28.5 Å². The molecular formula is C22H26N4O5S. The SMILES string of the molecule is CC(C)Oc1ccc(NS(=O)(=O)CC(=O)Nc2ccc(OCc3nccn3C)cc2)cc1. The summed E-state index contributed by atoms with van der Waals surface area (Å²) in [7, 11) is -1.99. The van der Waals surface area contributed by atoms with Crippen molar-refractivity contribution in [1.29, 1.82) is 0 Å². The lowest BCUT2D eigenvalue weighted by atomic mass is 10.3. The van der Waals surface area contributed by atoms with Crippen molar-refractivity contribution in [2.75, 3.05) is 15.8 Å². The van der Waals surface area contributed by atoms with E-state index in [0.717, 1.165) is 5.82 Å². The maximum atomic E-state index is 12.3. The minimum atomic E-state index is -3.87. The Morgan fingerprint density at radius 1 is 1.03 bits per heavy atom. The van der Waals surface area contributed by atoms with E-state index < -0.39 is 21.7 Å². The van der Waals surface area contributed by atoms with Gasteiger partial charge in [-0.25, -0.2) is 13.4 Å². The highest BCUT2D eigenvalue weighted by atomic mass is 32.2. The zero-order chi connectivity index (χ0) is 23.1. The van der Waals surface area contributed by atoms with E-state index in [4.69, 9.17) is 9.47 Å². The van der Waals surface area contributed by atoms with Crippen LogP contribution in [0.25, 0.3) is 0 Å². The predicted octanol–water partition coefficient (Wildman–Crippen LogP) is 3.17. The topological polar surface area (TPSA) is 112 Å². The first-order valence-corrected chi connectivity index (χ1v) is 11.6. The van der Waals surface area contributed by atoms with E-state index in [1.54, 1.807) is 54.7 Å². The molecule has 0 saturated heterocycles. The van der Waals surface area contributed by atoms with E-state index in [2.05, 4.69) is 15.0 Å². The number of aryl methyl sites for hydroxylation is 1. The molecule has 9 nitrogen and oxygen atoms in total. The third kappa shape index (κ3) is 7.02. The van der Waals surface area contributed by atoms with Crippen LogP contribution in [0.3, 0.4) is 0 Å². The number of hydrogen-bond donors (Lipinski definition) is 2. The van der Waals surface area contributed by atoms with Gasteiger partial charge in [0.05, 0.1) is 6.10 Å². The zero-order valence-electron chi connectivity index (χ0n) is 18.1. The molecule has 2 N–H and O–H groups in total. The largest absolute Gasteiger partial charge is 0.491 e. The lowest BCUT2D eigenvalue weighted by Gasteiger charge is -2.12. The molecule has 0 unspecified atom stereocenters. The molecule has 0 saturated carbocycles. The summed E-state index contributed by atoms with van der Waals surface area (Å²) in [5, 5.41) is 2.57. The molecule has 1 amide bonds. The third-order valence-corrected chi connectivity index (χ3v) is 5.44. The Hall–Kier alpha value is -3.53. The molecule has 0 spiro atoms. The van der Waals surface area contributed by atoms with Gasteiger partial charge in [-0.3, -0.25) is 9.52 Å². The number of rotatable bonds is 10. The van der Waals surface area contributed by atoms with Gasteiger partial charge >= 0.3 is 0 Å². The molecule has 10 heteroatoms. The highest BCUT2D eigenvalue weighted by molar-refractivity contribution is 7.93. The number of benzene rings is 2. The van der Waals surface area contributed by atoms with Crippen LogP contribution < -0.4 is 19.5 Å². The number of imidazole rings is 1. The van der Waals surface area contributed by atoms with Crippen molar-refractivity contribution in [1.82, 2.24) is 9.55 Å². The Morgan fingerprint density at radius 2 is 1.66 bits per heavy atom. The fourth-order valence-electron chi connectivity index (χ4n) is 2.78. The Morgan fingerprint density at radius 3 is 2.25 bits per heavy atom. The summed E-state index contributed by atoms with van der Waals surface area (Å²) in [6, 6.07) is 13.1. The third-order valence-electron chi connectivity index (χ3n) is 4.25. The second-order valence-electron chi connectivity index (χ2n) is 7.37. The molecule has 0 aliphatic heterocycles. The number of anilines is 2. The van der Waals surface area contributed by atoms with Gasteiger partial charge in [-0.15, -0.1) is 0 Å². The van der Waals surface area contributed by atoms with E-state index in [0.29, 0.717) is 29.5 Å². The number of ether oxygens (including phenoxy) is 2. The Kier molecular flexibility index (Phi) is 7.37. The summed E-state index contributed by atoms with van der Waals surface area (Å²) in [5.41, 5.74) is 0.813. The van der Waals surface area contributed by atoms with Crippen LogP contribution in [0.5, 0.6) is 11.5 Å². The van der Waals surface area contributed by atoms with Crippen LogP contribution in [0.15, 0.2) is 60.9 Å². The minimum Gasteiger partial charge on any atom is -0.491 e. The summed E-state index contributed by atoms with van der Waals surface area (Å²) in [6.45, 7) is 4.11. The molecule has 0 aliphatic rings. The number of nitrogens with zero attached hydrogens (tertiary/aromatic N) is 2. The smallest absolute Gasteiger partial charge is 0.241 e. The lowest BCUT2D eigenvalue weighted by molar-refractivity contribution is -0.113. The Labute approximate surface area is 187 Å². The molecule has 32 heavy (non-hydrogen) atoms. The molecule has 0 atom stereocenters. The van der Waals surface area contributed by atoms with Crippen molar-refractivity contribution >= 4 is 27.3 Å². The van der Waals surface area contributed by atoms with E-state index in [9.17, 15) is 13.2 Å². The number of nitrogens with one attached hydrogen (secondary N) is 2. The van der Waals surface area contributed by atoms with E-state index in [1.165, 1.54) is 0 Å². The Balaban J connectivity index is 1.50. The molecule has 1 aromatic heterocycles. The molecular weight excluding hydrogens is 432 g/mol. The van der Waals surface area contributed by atoms with Crippen LogP contribution in [0.1, 0.15) is 19.7 Å². The van der Waals surface area contributed by atoms with Crippen LogP contribution in [0.4, 0.5) is 11.4 Å². The van der Waals surface area contributed by atoms with Crippen molar-refractivity contribution in [3.05, 3.63) is 66.7 Å². The van der Waals surface area contributed by atoms with Gasteiger partial charge < -0.3 is 19.4 Å². The zero-order valence-corrected chi connectivity index (χ0v) is 18.9. The quantitative estimate of drug-likeness (QED) is 0.483. The van der Waals surface area contributed by atoms with Crippen molar-refractivity contribution in [2.24, 2.45) is 7.05 Å². The normalized spacial score (nSPS) is 11.2. The van der Waals surface area contributed by atoms with Gasteiger partial charge in [0.1, 0.15) is 29.7 Å². The first-order chi connectivity index (χ1) is 15.2. The number of carbonyl (C=O) groups is 1. The van der Waals surface area contributed by atoms with Crippen molar-refractivity contribution in [3.8, 4) is 11.5 Å². The van der Waals surface area contributed by atoms with Gasteiger partial charge in [-0.05, 0) is 62.4 Å². The number of hydrogen-bond acceptors (Lipinski definition) is 6. The maximum Gasteiger partial charge on any atom is 0.241 e. The van der Waals surface area contributed by atoms with E-state index in [-0.39, 0.29) is 6.10 Å². The summed E-state index contributed by atoms with van der Waals surface area (Å²) in [6.07, 6.45) is 3.54. The van der Waals surface area contributed by atoms with Crippen molar-refractivity contribution < 1.29 is 22.7 Å². The molecule has 170 valence electrons. The highest BCUT2D eigenvalue weighted by Gasteiger charge is 2.17. The molecule has 1 heterocycles. The number of amides is 1. The average molecular weight is 459 g/mol. The second kappa shape index (κ2) is 10.2. The molecule has 3 aromatic rings. The first-order valence-electron chi connectivity index (χ1n) is 9.96. The molecule has 0 radical (unpaired) electrons. The number of sulfonamides is 1. The second-order valence-corrected chi connectivity index (χ2v) is 9.09. The van der Waals surface area contributed by atoms with Crippen LogP contribution in [0.2, 0.25) is 0 Å². The van der Waals surface area contributed by atoms with Gasteiger partial charge in [-0.2, -0.15) is 0 Å². The molecule has 0 aliphatic carbocycles. The van der Waals surface area contributed by atoms with Gasteiger partial charge in [0.2, 0.25) is 15.9 Å². The summed E-state index contributed by atoms with van der Waals surface area (Å²) >= 11 is 0. The summed E-state index contributed by atoms with van der Waals surface area (Å²) < 4.78 is 40.0. The average Bonchev–Trinajstić information content (AvgIpc) is 3.12. The minimum absolute atomic E-state index is 0.0163. The van der Waals surface area contributed by atoms with Crippen molar-refractivity contribution in [2.45, 2.75) is 26.6 Å². The monoisotopic (exact) mass is 458 g/mol. The molecule has 0 fully saturated rings. The maximum absolute atomic E-state index is 12.3. The fraction of sp³-hybridized carbons (Fsp3) is 0.273. The molecule has 2 aromatic carbocycles.